The zero-order valence-electron chi connectivity index (χ0n) is 8.23. The number of esters is 1. The molecular weight excluding hydrogens is 192 g/mol. The van der Waals surface area contributed by atoms with Gasteiger partial charge >= 0.3 is 5.97 Å². The lowest BCUT2D eigenvalue weighted by Gasteiger charge is -2.05. The van der Waals surface area contributed by atoms with E-state index in [4.69, 9.17) is 5.73 Å². The molecule has 2 rings (SSSR count). The average Bonchev–Trinajstić information content (AvgIpc) is 2.28. The van der Waals surface area contributed by atoms with Crippen LogP contribution in [0.25, 0.3) is 10.8 Å². The number of rotatable bonds is 1. The van der Waals surface area contributed by atoms with E-state index in [1.807, 2.05) is 6.07 Å². The van der Waals surface area contributed by atoms with Crippen molar-refractivity contribution in [1.82, 2.24) is 4.98 Å². The topological polar surface area (TPSA) is 65.2 Å². The van der Waals surface area contributed by atoms with E-state index in [0.717, 1.165) is 5.39 Å². The molecule has 4 heteroatoms. The van der Waals surface area contributed by atoms with E-state index in [0.29, 0.717) is 16.6 Å². The van der Waals surface area contributed by atoms with Crippen molar-refractivity contribution in [3.63, 3.8) is 0 Å². The van der Waals surface area contributed by atoms with Gasteiger partial charge in [0.25, 0.3) is 0 Å². The number of carbonyl (C=O) groups excluding carboxylic acids is 1. The van der Waals surface area contributed by atoms with Crippen molar-refractivity contribution in [2.24, 2.45) is 0 Å². The SMILES string of the molecule is COC(=O)c1cccc2c(N)cncc12. The van der Waals surface area contributed by atoms with Crippen molar-refractivity contribution in [2.75, 3.05) is 12.8 Å². The largest absolute Gasteiger partial charge is 0.465 e. The highest BCUT2D eigenvalue weighted by Gasteiger charge is 2.10. The van der Waals surface area contributed by atoms with Crippen LogP contribution in [0.3, 0.4) is 0 Å². The van der Waals surface area contributed by atoms with Crippen molar-refractivity contribution in [1.29, 1.82) is 0 Å². The molecule has 2 aromatic rings. The minimum Gasteiger partial charge on any atom is -0.465 e. The van der Waals surface area contributed by atoms with Crippen LogP contribution in [0.5, 0.6) is 0 Å². The van der Waals surface area contributed by atoms with Crippen molar-refractivity contribution >= 4 is 22.4 Å². The molecule has 0 amide bonds. The highest BCUT2D eigenvalue weighted by molar-refractivity contribution is 6.07. The maximum absolute atomic E-state index is 11.4. The smallest absolute Gasteiger partial charge is 0.338 e. The molecule has 0 aliphatic carbocycles. The third-order valence-electron chi connectivity index (χ3n) is 2.24. The Morgan fingerprint density at radius 2 is 2.13 bits per heavy atom. The highest BCUT2D eigenvalue weighted by Crippen LogP contribution is 2.23. The Hall–Kier alpha value is -2.10. The van der Waals surface area contributed by atoms with Crippen LogP contribution in [0.1, 0.15) is 10.4 Å². The summed E-state index contributed by atoms with van der Waals surface area (Å²) in [4.78, 5) is 15.4. The second kappa shape index (κ2) is 3.57. The van der Waals surface area contributed by atoms with Gasteiger partial charge in [-0.25, -0.2) is 4.79 Å². The lowest BCUT2D eigenvalue weighted by molar-refractivity contribution is 0.0603. The normalized spacial score (nSPS) is 10.2. The van der Waals surface area contributed by atoms with E-state index in [2.05, 4.69) is 9.72 Å². The predicted molar refractivity (Wildman–Crippen MR) is 57.5 cm³/mol. The summed E-state index contributed by atoms with van der Waals surface area (Å²) in [5.74, 6) is -0.381. The van der Waals surface area contributed by atoms with E-state index in [1.54, 1.807) is 24.5 Å². The fourth-order valence-electron chi connectivity index (χ4n) is 1.51. The number of carbonyl (C=O) groups is 1. The molecule has 0 atom stereocenters. The monoisotopic (exact) mass is 202 g/mol. The van der Waals surface area contributed by atoms with Gasteiger partial charge in [0, 0.05) is 17.0 Å². The highest BCUT2D eigenvalue weighted by atomic mass is 16.5. The Labute approximate surface area is 86.7 Å². The molecule has 0 aliphatic rings. The molecule has 1 heterocycles. The van der Waals surface area contributed by atoms with E-state index in [1.165, 1.54) is 7.11 Å². The molecule has 1 aromatic heterocycles. The molecule has 4 nitrogen and oxygen atoms in total. The Morgan fingerprint density at radius 1 is 1.33 bits per heavy atom. The van der Waals surface area contributed by atoms with Crippen molar-refractivity contribution in [3.8, 4) is 0 Å². The standard InChI is InChI=1S/C11H10N2O2/c1-15-11(14)8-4-2-3-7-9(8)5-13-6-10(7)12/h2-6H,12H2,1H3. The van der Waals surface area contributed by atoms with Crippen molar-refractivity contribution in [3.05, 3.63) is 36.2 Å². The number of anilines is 1. The number of fused-ring (bicyclic) bond motifs is 1. The molecule has 0 spiro atoms. The quantitative estimate of drug-likeness (QED) is 0.713. The number of nitrogens with zero attached hydrogens (tertiary/aromatic N) is 1. The molecule has 0 saturated heterocycles. The lowest BCUT2D eigenvalue weighted by atomic mass is 10.1. The summed E-state index contributed by atoms with van der Waals surface area (Å²) >= 11 is 0. The number of nitrogen functional groups attached to an aromatic ring is 1. The molecule has 2 N–H and O–H groups in total. The van der Waals surface area contributed by atoms with Gasteiger partial charge in [0.15, 0.2) is 0 Å². The zero-order valence-corrected chi connectivity index (χ0v) is 8.23. The van der Waals surface area contributed by atoms with E-state index in [-0.39, 0.29) is 5.97 Å². The Kier molecular flexibility index (Phi) is 2.25. The molecule has 0 saturated carbocycles. The number of pyridine rings is 1. The first kappa shape index (κ1) is 9.45. The molecule has 0 bridgehead atoms. The summed E-state index contributed by atoms with van der Waals surface area (Å²) in [7, 11) is 1.35. The number of benzene rings is 1. The number of hydrogen-bond acceptors (Lipinski definition) is 4. The Bertz CT molecular complexity index is 523. The second-order valence-corrected chi connectivity index (χ2v) is 3.12. The average molecular weight is 202 g/mol. The van der Waals surface area contributed by atoms with Crippen LogP contribution < -0.4 is 5.73 Å². The van der Waals surface area contributed by atoms with Gasteiger partial charge in [-0.15, -0.1) is 0 Å². The summed E-state index contributed by atoms with van der Waals surface area (Å²) in [6.07, 6.45) is 3.17. The third kappa shape index (κ3) is 1.50. The third-order valence-corrected chi connectivity index (χ3v) is 2.24. The molecule has 15 heavy (non-hydrogen) atoms. The fourth-order valence-corrected chi connectivity index (χ4v) is 1.51. The van der Waals surface area contributed by atoms with Gasteiger partial charge in [0.1, 0.15) is 0 Å². The molecule has 0 fully saturated rings. The molecule has 0 radical (unpaired) electrons. The fraction of sp³-hybridized carbons (Fsp3) is 0.0909. The van der Waals surface area contributed by atoms with Gasteiger partial charge in [0.05, 0.1) is 24.6 Å². The summed E-state index contributed by atoms with van der Waals surface area (Å²) in [6.45, 7) is 0. The minimum atomic E-state index is -0.381. The van der Waals surface area contributed by atoms with Crippen LogP contribution in [0.15, 0.2) is 30.6 Å². The number of hydrogen-bond donors (Lipinski definition) is 1. The van der Waals surface area contributed by atoms with Crippen LogP contribution in [0.4, 0.5) is 5.69 Å². The van der Waals surface area contributed by atoms with Gasteiger partial charge in [-0.3, -0.25) is 4.98 Å². The molecule has 76 valence electrons. The number of nitrogens with two attached hydrogens (primary N) is 1. The predicted octanol–water partition coefficient (Wildman–Crippen LogP) is 1.60. The van der Waals surface area contributed by atoms with Gasteiger partial charge in [-0.1, -0.05) is 12.1 Å². The number of methoxy groups -OCH3 is 1. The number of aromatic nitrogens is 1. The van der Waals surface area contributed by atoms with Gasteiger partial charge in [-0.2, -0.15) is 0 Å². The summed E-state index contributed by atoms with van der Waals surface area (Å²) < 4.78 is 4.68. The first-order valence-corrected chi connectivity index (χ1v) is 4.44. The van der Waals surface area contributed by atoms with Crippen LogP contribution in [0, 0.1) is 0 Å². The van der Waals surface area contributed by atoms with Crippen molar-refractivity contribution in [2.45, 2.75) is 0 Å². The maximum atomic E-state index is 11.4. The number of ether oxygens (including phenoxy) is 1. The minimum absolute atomic E-state index is 0.381. The first-order valence-electron chi connectivity index (χ1n) is 4.44. The Balaban J connectivity index is 2.77. The first-order chi connectivity index (χ1) is 7.24. The van der Waals surface area contributed by atoms with Crippen LogP contribution in [-0.4, -0.2) is 18.1 Å². The Morgan fingerprint density at radius 3 is 2.87 bits per heavy atom. The zero-order chi connectivity index (χ0) is 10.8. The van der Waals surface area contributed by atoms with Crippen LogP contribution >= 0.6 is 0 Å². The molecule has 0 unspecified atom stereocenters. The molecule has 1 aromatic carbocycles. The van der Waals surface area contributed by atoms with E-state index < -0.39 is 0 Å². The summed E-state index contributed by atoms with van der Waals surface area (Å²) in [5.41, 5.74) is 6.79. The van der Waals surface area contributed by atoms with Gasteiger partial charge in [-0.05, 0) is 6.07 Å². The lowest BCUT2D eigenvalue weighted by Crippen LogP contribution is -2.02. The molecular formula is C11H10N2O2. The van der Waals surface area contributed by atoms with Gasteiger partial charge < -0.3 is 10.5 Å². The van der Waals surface area contributed by atoms with Crippen molar-refractivity contribution < 1.29 is 9.53 Å². The molecule has 0 aliphatic heterocycles. The van der Waals surface area contributed by atoms with Gasteiger partial charge in [0.2, 0.25) is 0 Å². The van der Waals surface area contributed by atoms with E-state index >= 15 is 0 Å². The van der Waals surface area contributed by atoms with Crippen LogP contribution in [-0.2, 0) is 4.74 Å². The maximum Gasteiger partial charge on any atom is 0.338 e. The second-order valence-electron chi connectivity index (χ2n) is 3.12. The summed E-state index contributed by atoms with van der Waals surface area (Å²) in [6, 6.07) is 5.30. The van der Waals surface area contributed by atoms with Crippen LogP contribution in [0.2, 0.25) is 0 Å². The summed E-state index contributed by atoms with van der Waals surface area (Å²) in [5, 5.41) is 1.53. The van der Waals surface area contributed by atoms with E-state index in [9.17, 15) is 4.79 Å².